The average molecular weight is 229 g/mol. The Bertz CT molecular complexity index is 335. The van der Waals surface area contributed by atoms with E-state index in [0.29, 0.717) is 30.4 Å². The normalized spacial score (nSPS) is 10.3. The molecule has 0 aromatic carbocycles. The Morgan fingerprint density at radius 1 is 1.60 bits per heavy atom. The Kier molecular flexibility index (Phi) is 4.68. The van der Waals surface area contributed by atoms with Crippen LogP contribution in [0.5, 0.6) is 0 Å². The van der Waals surface area contributed by atoms with Crippen molar-refractivity contribution in [2.45, 2.75) is 20.3 Å². The maximum Gasteiger partial charge on any atom is 0.360 e. The fourth-order valence-corrected chi connectivity index (χ4v) is 1.58. The summed E-state index contributed by atoms with van der Waals surface area (Å²) in [6.45, 7) is 3.85. The molecular weight excluding hydrogens is 214 g/mol. The van der Waals surface area contributed by atoms with Gasteiger partial charge >= 0.3 is 5.97 Å². The monoisotopic (exact) mass is 229 g/mol. The summed E-state index contributed by atoms with van der Waals surface area (Å²) >= 11 is 1.70. The van der Waals surface area contributed by atoms with Gasteiger partial charge in [-0.2, -0.15) is 11.8 Å². The predicted molar refractivity (Wildman–Crippen MR) is 59.3 cm³/mol. The predicted octanol–water partition coefficient (Wildman–Crippen LogP) is 2.07. The van der Waals surface area contributed by atoms with E-state index >= 15 is 0 Å². The molecular formula is C10H15NO3S. The summed E-state index contributed by atoms with van der Waals surface area (Å²) in [6, 6.07) is 0. The molecule has 0 unspecified atom stereocenters. The molecule has 0 saturated heterocycles. The molecule has 0 atom stereocenters. The lowest BCUT2D eigenvalue weighted by molar-refractivity contribution is 0.0517. The van der Waals surface area contributed by atoms with Crippen molar-refractivity contribution in [3.63, 3.8) is 0 Å². The van der Waals surface area contributed by atoms with E-state index in [9.17, 15) is 4.79 Å². The molecule has 0 N–H and O–H groups in total. The molecule has 0 radical (unpaired) electrons. The molecule has 1 aromatic heterocycles. The number of carbonyl (C=O) groups excluding carboxylic acids is 1. The van der Waals surface area contributed by atoms with Gasteiger partial charge < -0.3 is 9.15 Å². The molecule has 0 saturated carbocycles. The second-order valence-corrected chi connectivity index (χ2v) is 3.95. The summed E-state index contributed by atoms with van der Waals surface area (Å²) in [7, 11) is 0. The molecule has 1 aromatic rings. The van der Waals surface area contributed by atoms with Gasteiger partial charge in [-0.1, -0.05) is 0 Å². The molecule has 5 heteroatoms. The van der Waals surface area contributed by atoms with Crippen LogP contribution in [0.25, 0.3) is 0 Å². The van der Waals surface area contributed by atoms with E-state index in [1.165, 1.54) is 0 Å². The number of nitrogens with zero attached hydrogens (tertiary/aromatic N) is 1. The van der Waals surface area contributed by atoms with Crippen LogP contribution in [0, 0.1) is 6.92 Å². The van der Waals surface area contributed by atoms with Crippen molar-refractivity contribution in [2.75, 3.05) is 18.6 Å². The first-order valence-electron chi connectivity index (χ1n) is 4.81. The third kappa shape index (κ3) is 3.27. The highest BCUT2D eigenvalue weighted by Gasteiger charge is 2.19. The molecule has 0 aliphatic rings. The zero-order valence-corrected chi connectivity index (χ0v) is 10.0. The topological polar surface area (TPSA) is 52.3 Å². The fraction of sp³-hybridized carbons (Fsp3) is 0.600. The summed E-state index contributed by atoms with van der Waals surface area (Å²) in [6.07, 6.45) is 2.71. The molecule has 0 fully saturated rings. The first-order valence-corrected chi connectivity index (χ1v) is 6.20. The van der Waals surface area contributed by atoms with E-state index in [-0.39, 0.29) is 0 Å². The number of thioether (sulfide) groups is 1. The van der Waals surface area contributed by atoms with Crippen LogP contribution in [-0.2, 0) is 11.2 Å². The zero-order valence-electron chi connectivity index (χ0n) is 9.20. The van der Waals surface area contributed by atoms with Crippen LogP contribution >= 0.6 is 11.8 Å². The first kappa shape index (κ1) is 12.1. The molecule has 15 heavy (non-hydrogen) atoms. The molecule has 0 amide bonds. The van der Waals surface area contributed by atoms with Crippen LogP contribution in [0.15, 0.2) is 4.42 Å². The number of hydrogen-bond donors (Lipinski definition) is 0. The van der Waals surface area contributed by atoms with Gasteiger partial charge in [-0.15, -0.1) is 0 Å². The van der Waals surface area contributed by atoms with E-state index in [1.807, 2.05) is 6.26 Å². The van der Waals surface area contributed by atoms with E-state index in [1.54, 1.807) is 25.6 Å². The van der Waals surface area contributed by atoms with Gasteiger partial charge in [-0.25, -0.2) is 9.78 Å². The van der Waals surface area contributed by atoms with Gasteiger partial charge in [-0.05, 0) is 13.2 Å². The molecule has 1 heterocycles. The number of hydrogen-bond acceptors (Lipinski definition) is 5. The summed E-state index contributed by atoms with van der Waals surface area (Å²) in [4.78, 5) is 15.5. The molecule has 0 aliphatic heterocycles. The maximum atomic E-state index is 11.5. The Hall–Kier alpha value is -0.970. The lowest BCUT2D eigenvalue weighted by atomic mass is 10.3. The second kappa shape index (κ2) is 5.80. The van der Waals surface area contributed by atoms with Crippen molar-refractivity contribution in [1.29, 1.82) is 0 Å². The molecule has 0 bridgehead atoms. The van der Waals surface area contributed by atoms with Crippen molar-refractivity contribution in [3.8, 4) is 0 Å². The quantitative estimate of drug-likeness (QED) is 0.723. The van der Waals surface area contributed by atoms with Gasteiger partial charge in [0.15, 0.2) is 11.6 Å². The molecule has 0 aliphatic carbocycles. The molecule has 1 rings (SSSR count). The van der Waals surface area contributed by atoms with Crippen LogP contribution in [0.4, 0.5) is 0 Å². The van der Waals surface area contributed by atoms with Gasteiger partial charge in [0.05, 0.1) is 6.61 Å². The lowest BCUT2D eigenvalue weighted by Gasteiger charge is -1.99. The van der Waals surface area contributed by atoms with Crippen molar-refractivity contribution in [1.82, 2.24) is 4.98 Å². The molecule has 84 valence electrons. The maximum absolute atomic E-state index is 11.5. The van der Waals surface area contributed by atoms with Crippen LogP contribution in [0.2, 0.25) is 0 Å². The number of ether oxygens (including phenoxy) is 1. The lowest BCUT2D eigenvalue weighted by Crippen LogP contribution is -2.08. The Labute approximate surface area is 93.4 Å². The highest BCUT2D eigenvalue weighted by molar-refractivity contribution is 7.98. The van der Waals surface area contributed by atoms with Crippen LogP contribution < -0.4 is 0 Å². The SMILES string of the molecule is CCOC(=O)c1nc(C)oc1CCSC. The minimum absolute atomic E-state index is 0.323. The highest BCUT2D eigenvalue weighted by Crippen LogP contribution is 2.14. The smallest absolute Gasteiger partial charge is 0.360 e. The number of oxazole rings is 1. The van der Waals surface area contributed by atoms with Crippen molar-refractivity contribution >= 4 is 17.7 Å². The largest absolute Gasteiger partial charge is 0.461 e. The van der Waals surface area contributed by atoms with Gasteiger partial charge in [0.2, 0.25) is 0 Å². The van der Waals surface area contributed by atoms with Gasteiger partial charge in [-0.3, -0.25) is 0 Å². The number of aryl methyl sites for hydroxylation is 2. The zero-order chi connectivity index (χ0) is 11.3. The van der Waals surface area contributed by atoms with Crippen LogP contribution in [-0.4, -0.2) is 29.6 Å². The van der Waals surface area contributed by atoms with Gasteiger partial charge in [0.1, 0.15) is 5.76 Å². The number of aromatic nitrogens is 1. The minimum atomic E-state index is -0.398. The van der Waals surface area contributed by atoms with E-state index in [0.717, 1.165) is 5.75 Å². The number of rotatable bonds is 5. The van der Waals surface area contributed by atoms with E-state index in [4.69, 9.17) is 9.15 Å². The standard InChI is InChI=1S/C10H15NO3S/c1-4-13-10(12)9-8(5-6-15-3)14-7(2)11-9/h4-6H2,1-3H3. The average Bonchev–Trinajstić information content (AvgIpc) is 2.57. The summed E-state index contributed by atoms with van der Waals surface area (Å²) in [5.41, 5.74) is 0.323. The number of esters is 1. The first-order chi connectivity index (χ1) is 7.19. The third-order valence-electron chi connectivity index (χ3n) is 1.81. The molecule has 0 spiro atoms. The Morgan fingerprint density at radius 3 is 2.93 bits per heavy atom. The Balaban J connectivity index is 2.80. The summed E-state index contributed by atoms with van der Waals surface area (Å²) in [5, 5.41) is 0. The summed E-state index contributed by atoms with van der Waals surface area (Å²) in [5.74, 6) is 1.64. The Morgan fingerprint density at radius 2 is 2.33 bits per heavy atom. The molecule has 4 nitrogen and oxygen atoms in total. The second-order valence-electron chi connectivity index (χ2n) is 2.97. The van der Waals surface area contributed by atoms with Gasteiger partial charge in [0, 0.05) is 19.1 Å². The van der Waals surface area contributed by atoms with Crippen LogP contribution in [0.3, 0.4) is 0 Å². The third-order valence-corrected chi connectivity index (χ3v) is 2.42. The van der Waals surface area contributed by atoms with Crippen molar-refractivity contribution < 1.29 is 13.9 Å². The highest BCUT2D eigenvalue weighted by atomic mass is 32.2. The summed E-state index contributed by atoms with van der Waals surface area (Å²) < 4.78 is 10.3. The van der Waals surface area contributed by atoms with Crippen molar-refractivity contribution in [2.24, 2.45) is 0 Å². The minimum Gasteiger partial charge on any atom is -0.461 e. The van der Waals surface area contributed by atoms with Gasteiger partial charge in [0.25, 0.3) is 0 Å². The van der Waals surface area contributed by atoms with E-state index in [2.05, 4.69) is 4.98 Å². The fourth-order valence-electron chi connectivity index (χ4n) is 1.19. The van der Waals surface area contributed by atoms with Crippen LogP contribution in [0.1, 0.15) is 29.1 Å². The van der Waals surface area contributed by atoms with Crippen molar-refractivity contribution in [3.05, 3.63) is 17.3 Å². The van der Waals surface area contributed by atoms with E-state index < -0.39 is 5.97 Å². The number of carbonyl (C=O) groups is 1.